The number of methoxy groups -OCH3 is 1. The first-order chi connectivity index (χ1) is 7.70. The highest BCUT2D eigenvalue weighted by Gasteiger charge is 2.29. The van der Waals surface area contributed by atoms with E-state index in [-0.39, 0.29) is 0 Å². The van der Waals surface area contributed by atoms with Gasteiger partial charge in [0.05, 0.1) is 7.11 Å². The number of thioether (sulfide) groups is 1. The molecule has 1 unspecified atom stereocenters. The summed E-state index contributed by atoms with van der Waals surface area (Å²) >= 11 is 0.593. The first-order valence-electron chi connectivity index (χ1n) is 4.42. The Kier molecular flexibility index (Phi) is 4.55. The maximum atomic E-state index is 11.9. The number of hydrogen-bond acceptors (Lipinski definition) is 5. The summed E-state index contributed by atoms with van der Waals surface area (Å²) in [5.41, 5.74) is 0.389. The topological polar surface area (TPSA) is 67.2 Å². The predicted molar refractivity (Wildman–Crippen MR) is 59.8 cm³/mol. The third kappa shape index (κ3) is 2.84. The summed E-state index contributed by atoms with van der Waals surface area (Å²) in [6.45, 7) is 0. The number of benzene rings is 1. The molecule has 5 heteroatoms. The molecule has 0 heterocycles. The molecule has 1 atom stereocenters. The maximum absolute atomic E-state index is 11.9. The summed E-state index contributed by atoms with van der Waals surface area (Å²) in [5.74, 6) is -1.13. The molecule has 0 bridgehead atoms. The lowest BCUT2D eigenvalue weighted by atomic mass is 10.1. The van der Waals surface area contributed by atoms with Gasteiger partial charge in [-0.25, -0.2) is 0 Å². The lowest BCUT2D eigenvalue weighted by molar-refractivity contribution is -0.138. The second-order valence-corrected chi connectivity index (χ2v) is 3.73. The van der Waals surface area contributed by atoms with E-state index in [1.807, 2.05) is 0 Å². The van der Waals surface area contributed by atoms with E-state index in [9.17, 15) is 9.59 Å². The zero-order valence-corrected chi connectivity index (χ0v) is 9.36. The van der Waals surface area contributed by atoms with Gasteiger partial charge in [-0.2, -0.15) is 5.26 Å². The average molecular weight is 235 g/mol. The lowest BCUT2D eigenvalue weighted by Crippen LogP contribution is -2.27. The van der Waals surface area contributed by atoms with Crippen LogP contribution in [0.1, 0.15) is 10.4 Å². The monoisotopic (exact) mass is 235 g/mol. The minimum absolute atomic E-state index is 0.389. The number of carbonyl (C=O) groups excluding carboxylic acids is 2. The number of nitrogens with zero attached hydrogens (tertiary/aromatic N) is 1. The van der Waals surface area contributed by atoms with Crippen LogP contribution in [0.25, 0.3) is 0 Å². The smallest absolute Gasteiger partial charge is 0.327 e. The Morgan fingerprint density at radius 3 is 2.50 bits per heavy atom. The highest BCUT2D eigenvalue weighted by molar-refractivity contribution is 8.05. The first-order valence-corrected chi connectivity index (χ1v) is 5.30. The molecular formula is C11H9NO3S. The maximum Gasteiger partial charge on any atom is 0.327 e. The van der Waals surface area contributed by atoms with Gasteiger partial charge >= 0.3 is 5.97 Å². The lowest BCUT2D eigenvalue weighted by Gasteiger charge is -2.08. The van der Waals surface area contributed by atoms with Gasteiger partial charge in [0.25, 0.3) is 0 Å². The molecule has 0 saturated heterocycles. The van der Waals surface area contributed by atoms with Crippen molar-refractivity contribution in [1.29, 1.82) is 5.26 Å². The molecule has 16 heavy (non-hydrogen) atoms. The number of nitriles is 1. The molecule has 0 aliphatic rings. The molecule has 0 aliphatic carbocycles. The number of esters is 1. The molecule has 0 radical (unpaired) electrons. The third-order valence-corrected chi connectivity index (χ3v) is 2.63. The molecule has 0 spiro atoms. The van der Waals surface area contributed by atoms with Crippen molar-refractivity contribution >= 4 is 23.5 Å². The Morgan fingerprint density at radius 2 is 2.00 bits per heavy atom. The average Bonchev–Trinajstić information content (AvgIpc) is 2.35. The first kappa shape index (κ1) is 12.3. The largest absolute Gasteiger partial charge is 0.468 e. The van der Waals surface area contributed by atoms with Gasteiger partial charge in [-0.1, -0.05) is 30.3 Å². The van der Waals surface area contributed by atoms with Gasteiger partial charge < -0.3 is 4.74 Å². The van der Waals surface area contributed by atoms with Crippen molar-refractivity contribution in [2.24, 2.45) is 0 Å². The standard InChI is InChI=1S/C11H9NO3S/c1-15-11(14)10(16-7-12)9(13)8-5-3-2-4-6-8/h2-6,10H,1H3. The Bertz CT molecular complexity index is 425. The third-order valence-electron chi connectivity index (χ3n) is 1.88. The fourth-order valence-electron chi connectivity index (χ4n) is 1.12. The molecule has 0 aliphatic heterocycles. The summed E-state index contributed by atoms with van der Waals surface area (Å²) in [7, 11) is 1.19. The molecule has 4 nitrogen and oxygen atoms in total. The van der Waals surface area contributed by atoms with Gasteiger partial charge in [-0.05, 0) is 11.8 Å². The van der Waals surface area contributed by atoms with Crippen molar-refractivity contribution in [2.45, 2.75) is 5.25 Å². The Hall–Kier alpha value is -1.80. The predicted octanol–water partition coefficient (Wildman–Crippen LogP) is 1.63. The van der Waals surface area contributed by atoms with Gasteiger partial charge in [0.1, 0.15) is 5.40 Å². The highest BCUT2D eigenvalue weighted by atomic mass is 32.2. The number of Topliss-reactive ketones (excluding diaryl/α,β-unsaturated/α-hetero) is 1. The highest BCUT2D eigenvalue weighted by Crippen LogP contribution is 2.16. The van der Waals surface area contributed by atoms with Crippen molar-refractivity contribution in [2.75, 3.05) is 7.11 Å². The van der Waals surface area contributed by atoms with Crippen LogP contribution >= 0.6 is 11.8 Å². The SMILES string of the molecule is COC(=O)C(SC#N)C(=O)c1ccccc1. The van der Waals surface area contributed by atoms with Crippen LogP contribution in [0.2, 0.25) is 0 Å². The second-order valence-electron chi connectivity index (χ2n) is 2.84. The number of ether oxygens (including phenoxy) is 1. The minimum atomic E-state index is -1.11. The van der Waals surface area contributed by atoms with Gasteiger partial charge in [-0.15, -0.1) is 0 Å². The zero-order valence-electron chi connectivity index (χ0n) is 8.54. The van der Waals surface area contributed by atoms with E-state index in [1.54, 1.807) is 35.7 Å². The van der Waals surface area contributed by atoms with Gasteiger partial charge in [-0.3, -0.25) is 9.59 Å². The number of ketones is 1. The van der Waals surface area contributed by atoms with Crippen molar-refractivity contribution in [3.05, 3.63) is 35.9 Å². The van der Waals surface area contributed by atoms with E-state index in [1.165, 1.54) is 7.11 Å². The van der Waals surface area contributed by atoms with Crippen LogP contribution in [0.4, 0.5) is 0 Å². The molecule has 1 aromatic carbocycles. The van der Waals surface area contributed by atoms with E-state index in [4.69, 9.17) is 5.26 Å². The van der Waals surface area contributed by atoms with E-state index < -0.39 is 17.0 Å². The van der Waals surface area contributed by atoms with Crippen LogP contribution in [0.5, 0.6) is 0 Å². The fraction of sp³-hybridized carbons (Fsp3) is 0.182. The molecule has 1 rings (SSSR count). The molecular weight excluding hydrogens is 226 g/mol. The fourth-order valence-corrected chi connectivity index (χ4v) is 1.66. The van der Waals surface area contributed by atoms with Crippen LogP contribution in [0.15, 0.2) is 30.3 Å². The molecule has 0 amide bonds. The second kappa shape index (κ2) is 5.93. The number of carbonyl (C=O) groups is 2. The van der Waals surface area contributed by atoms with Gasteiger partial charge in [0.15, 0.2) is 11.0 Å². The van der Waals surface area contributed by atoms with Crippen molar-refractivity contribution in [3.8, 4) is 5.40 Å². The molecule has 1 aromatic rings. The minimum Gasteiger partial charge on any atom is -0.468 e. The van der Waals surface area contributed by atoms with Gasteiger partial charge in [0, 0.05) is 5.56 Å². The summed E-state index contributed by atoms with van der Waals surface area (Å²) in [6.07, 6.45) is 0. The molecule has 0 aromatic heterocycles. The van der Waals surface area contributed by atoms with E-state index in [2.05, 4.69) is 4.74 Å². The summed E-state index contributed by atoms with van der Waals surface area (Å²) < 4.78 is 4.48. The Morgan fingerprint density at radius 1 is 1.38 bits per heavy atom. The molecule has 0 fully saturated rings. The van der Waals surface area contributed by atoms with Crippen LogP contribution in [-0.2, 0) is 9.53 Å². The molecule has 0 saturated carbocycles. The number of hydrogen-bond donors (Lipinski definition) is 0. The summed E-state index contributed by atoms with van der Waals surface area (Å²) in [5, 5.41) is 9.15. The van der Waals surface area contributed by atoms with Crippen LogP contribution < -0.4 is 0 Å². The normalized spacial score (nSPS) is 11.2. The van der Waals surface area contributed by atoms with Crippen LogP contribution in [-0.4, -0.2) is 24.1 Å². The number of thiocyanates is 1. The van der Waals surface area contributed by atoms with Crippen molar-refractivity contribution < 1.29 is 14.3 Å². The summed E-state index contributed by atoms with van der Waals surface area (Å²) in [6, 6.07) is 8.34. The van der Waals surface area contributed by atoms with E-state index in [0.29, 0.717) is 17.3 Å². The van der Waals surface area contributed by atoms with E-state index >= 15 is 0 Å². The van der Waals surface area contributed by atoms with Crippen molar-refractivity contribution in [1.82, 2.24) is 0 Å². The quantitative estimate of drug-likeness (QED) is 0.343. The van der Waals surface area contributed by atoms with Crippen LogP contribution in [0.3, 0.4) is 0 Å². The van der Waals surface area contributed by atoms with Crippen molar-refractivity contribution in [3.63, 3.8) is 0 Å². The Labute approximate surface area is 97.2 Å². The van der Waals surface area contributed by atoms with E-state index in [0.717, 1.165) is 0 Å². The molecule has 82 valence electrons. The Balaban J connectivity index is 2.93. The van der Waals surface area contributed by atoms with Gasteiger partial charge in [0.2, 0.25) is 0 Å². The molecule has 0 N–H and O–H groups in total. The van der Waals surface area contributed by atoms with Crippen LogP contribution in [0, 0.1) is 10.7 Å². The zero-order chi connectivity index (χ0) is 12.0. The summed E-state index contributed by atoms with van der Waals surface area (Å²) in [4.78, 5) is 23.2. The number of rotatable bonds is 4.